The zero-order valence-electron chi connectivity index (χ0n) is 16.4. The Balaban J connectivity index is 1.62. The summed E-state index contributed by atoms with van der Waals surface area (Å²) in [5.41, 5.74) is 0.567. The molecule has 0 saturated heterocycles. The Bertz CT molecular complexity index is 1120. The second-order valence-electron chi connectivity index (χ2n) is 7.34. The smallest absolute Gasteiger partial charge is 0.349 e. The van der Waals surface area contributed by atoms with Crippen LogP contribution < -0.4 is 5.32 Å². The molecule has 0 aromatic carbocycles. The van der Waals surface area contributed by atoms with Crippen LogP contribution in [0.3, 0.4) is 0 Å². The third-order valence-electron chi connectivity index (χ3n) is 5.14. The fourth-order valence-electron chi connectivity index (χ4n) is 3.51. The van der Waals surface area contributed by atoms with Gasteiger partial charge >= 0.3 is 6.18 Å². The minimum absolute atomic E-state index is 0.0319. The van der Waals surface area contributed by atoms with Gasteiger partial charge in [0.25, 0.3) is 0 Å². The van der Waals surface area contributed by atoms with Crippen LogP contribution in [0.2, 0.25) is 5.02 Å². The highest BCUT2D eigenvalue weighted by molar-refractivity contribution is 6.31. The molecule has 0 unspecified atom stereocenters. The Morgan fingerprint density at radius 3 is 2.70 bits per heavy atom. The molecule has 1 amide bonds. The summed E-state index contributed by atoms with van der Waals surface area (Å²) < 4.78 is 43.9. The summed E-state index contributed by atoms with van der Waals surface area (Å²) in [6.45, 7) is 3.88. The SMILES string of the molecule is CCn1ncc(Cl)c1CNC(=O)Cn1nc(C)c2c(C(F)(F)F)cc(C3CC3)nc21. The van der Waals surface area contributed by atoms with E-state index in [0.29, 0.717) is 23.0 Å². The molecule has 160 valence electrons. The van der Waals surface area contributed by atoms with Crippen LogP contribution >= 0.6 is 11.6 Å². The van der Waals surface area contributed by atoms with E-state index in [1.54, 1.807) is 4.68 Å². The molecular formula is C19H20ClF3N6O. The highest BCUT2D eigenvalue weighted by Gasteiger charge is 2.37. The van der Waals surface area contributed by atoms with Gasteiger partial charge in [-0.2, -0.15) is 23.4 Å². The Labute approximate surface area is 175 Å². The Kier molecular flexibility index (Phi) is 5.21. The van der Waals surface area contributed by atoms with Gasteiger partial charge in [-0.15, -0.1) is 0 Å². The lowest BCUT2D eigenvalue weighted by Gasteiger charge is -2.11. The van der Waals surface area contributed by atoms with E-state index < -0.39 is 17.6 Å². The normalized spacial score (nSPS) is 14.5. The fraction of sp³-hybridized carbons (Fsp3) is 0.474. The first-order valence-electron chi connectivity index (χ1n) is 9.61. The maximum absolute atomic E-state index is 13.7. The number of fused-ring (bicyclic) bond motifs is 1. The van der Waals surface area contributed by atoms with Crippen molar-refractivity contribution < 1.29 is 18.0 Å². The van der Waals surface area contributed by atoms with Crippen LogP contribution in [0.25, 0.3) is 11.0 Å². The third kappa shape index (κ3) is 3.88. The summed E-state index contributed by atoms with van der Waals surface area (Å²) in [7, 11) is 0. The average Bonchev–Trinajstić information content (AvgIpc) is 3.41. The summed E-state index contributed by atoms with van der Waals surface area (Å²) in [6, 6.07) is 1.12. The molecule has 1 aliphatic rings. The van der Waals surface area contributed by atoms with Crippen molar-refractivity contribution in [2.75, 3.05) is 0 Å². The lowest BCUT2D eigenvalue weighted by molar-refractivity contribution is -0.136. The molecule has 1 N–H and O–H groups in total. The number of alkyl halides is 3. The van der Waals surface area contributed by atoms with E-state index in [-0.39, 0.29) is 35.7 Å². The predicted molar refractivity (Wildman–Crippen MR) is 104 cm³/mol. The topological polar surface area (TPSA) is 77.6 Å². The van der Waals surface area contributed by atoms with E-state index in [1.165, 1.54) is 17.8 Å². The summed E-state index contributed by atoms with van der Waals surface area (Å²) in [6.07, 6.45) is -1.40. The maximum Gasteiger partial charge on any atom is 0.417 e. The molecule has 3 aromatic heterocycles. The summed E-state index contributed by atoms with van der Waals surface area (Å²) in [4.78, 5) is 16.9. The average molecular weight is 441 g/mol. The molecule has 0 spiro atoms. The number of aryl methyl sites for hydroxylation is 2. The number of halogens is 4. The van der Waals surface area contributed by atoms with Crippen molar-refractivity contribution >= 4 is 28.5 Å². The standard InChI is InChI=1S/C19H20ClF3N6O/c1-3-28-15(13(20)7-25-28)8-24-16(30)9-29-18-17(10(2)27-29)12(19(21,22)23)6-14(26-18)11-4-5-11/h6-7,11H,3-5,8-9H2,1-2H3,(H,24,30). The Hall–Kier alpha value is -2.62. The molecule has 3 aromatic rings. The molecule has 4 rings (SSSR count). The number of hydrogen-bond acceptors (Lipinski definition) is 4. The van der Waals surface area contributed by atoms with Gasteiger partial charge in [-0.3, -0.25) is 9.48 Å². The van der Waals surface area contributed by atoms with Crippen LogP contribution in [0.4, 0.5) is 13.2 Å². The number of rotatable bonds is 6. The first-order valence-corrected chi connectivity index (χ1v) is 9.99. The largest absolute Gasteiger partial charge is 0.417 e. The molecule has 30 heavy (non-hydrogen) atoms. The molecule has 0 aliphatic heterocycles. The fourth-order valence-corrected chi connectivity index (χ4v) is 3.71. The minimum Gasteiger partial charge on any atom is -0.349 e. The zero-order valence-corrected chi connectivity index (χ0v) is 17.2. The molecule has 1 fully saturated rings. The third-order valence-corrected chi connectivity index (χ3v) is 5.46. The lowest BCUT2D eigenvalue weighted by Crippen LogP contribution is -2.28. The van der Waals surface area contributed by atoms with Gasteiger partial charge in [0, 0.05) is 18.2 Å². The maximum atomic E-state index is 13.7. The highest BCUT2D eigenvalue weighted by atomic mass is 35.5. The van der Waals surface area contributed by atoms with Gasteiger partial charge in [0.05, 0.1) is 40.1 Å². The monoisotopic (exact) mass is 440 g/mol. The molecule has 0 atom stereocenters. The molecule has 11 heteroatoms. The molecular weight excluding hydrogens is 421 g/mol. The first kappa shape index (κ1) is 20.6. The number of aromatic nitrogens is 5. The van der Waals surface area contributed by atoms with Gasteiger partial charge in [-0.1, -0.05) is 11.6 Å². The van der Waals surface area contributed by atoms with E-state index in [9.17, 15) is 18.0 Å². The Morgan fingerprint density at radius 2 is 2.07 bits per heavy atom. The predicted octanol–water partition coefficient (Wildman–Crippen LogP) is 3.82. The summed E-state index contributed by atoms with van der Waals surface area (Å²) in [5, 5.41) is 11.4. The van der Waals surface area contributed by atoms with Crippen molar-refractivity contribution in [3.8, 4) is 0 Å². The van der Waals surface area contributed by atoms with Crippen molar-refractivity contribution in [1.82, 2.24) is 29.9 Å². The second kappa shape index (κ2) is 7.57. The highest BCUT2D eigenvalue weighted by Crippen LogP contribution is 2.43. The minimum atomic E-state index is -4.53. The van der Waals surface area contributed by atoms with E-state index in [0.717, 1.165) is 18.9 Å². The van der Waals surface area contributed by atoms with E-state index in [4.69, 9.17) is 11.6 Å². The van der Waals surface area contributed by atoms with Crippen molar-refractivity contribution in [2.24, 2.45) is 0 Å². The van der Waals surface area contributed by atoms with E-state index >= 15 is 0 Å². The van der Waals surface area contributed by atoms with Crippen molar-refractivity contribution in [3.05, 3.63) is 39.9 Å². The number of carbonyl (C=O) groups is 1. The second-order valence-corrected chi connectivity index (χ2v) is 7.75. The van der Waals surface area contributed by atoms with Gasteiger partial charge in [0.1, 0.15) is 6.54 Å². The number of nitrogens with one attached hydrogen (secondary N) is 1. The van der Waals surface area contributed by atoms with Gasteiger partial charge in [0.15, 0.2) is 5.65 Å². The Morgan fingerprint density at radius 1 is 1.33 bits per heavy atom. The molecule has 0 radical (unpaired) electrons. The van der Waals surface area contributed by atoms with E-state index in [2.05, 4.69) is 20.5 Å². The first-order chi connectivity index (χ1) is 14.2. The number of nitrogens with zero attached hydrogens (tertiary/aromatic N) is 5. The van der Waals surface area contributed by atoms with Gasteiger partial charge < -0.3 is 5.32 Å². The summed E-state index contributed by atoms with van der Waals surface area (Å²) in [5.74, 6) is -0.379. The van der Waals surface area contributed by atoms with Crippen LogP contribution in [-0.4, -0.2) is 30.5 Å². The zero-order chi connectivity index (χ0) is 21.6. The van der Waals surface area contributed by atoms with E-state index in [1.807, 2.05) is 6.92 Å². The van der Waals surface area contributed by atoms with Gasteiger partial charge in [-0.05, 0) is 32.8 Å². The van der Waals surface area contributed by atoms with Crippen molar-refractivity contribution in [3.63, 3.8) is 0 Å². The van der Waals surface area contributed by atoms with Gasteiger partial charge in [0.2, 0.25) is 5.91 Å². The van der Waals surface area contributed by atoms with Crippen molar-refractivity contribution in [2.45, 2.75) is 58.4 Å². The number of pyridine rings is 1. The number of amides is 1. The molecule has 1 aliphatic carbocycles. The lowest BCUT2D eigenvalue weighted by atomic mass is 10.1. The number of carbonyl (C=O) groups excluding carboxylic acids is 1. The molecule has 3 heterocycles. The van der Waals surface area contributed by atoms with Crippen LogP contribution in [0.5, 0.6) is 0 Å². The number of hydrogen-bond donors (Lipinski definition) is 1. The van der Waals surface area contributed by atoms with Gasteiger partial charge in [-0.25, -0.2) is 9.67 Å². The van der Waals surface area contributed by atoms with Crippen LogP contribution in [0, 0.1) is 6.92 Å². The van der Waals surface area contributed by atoms with Crippen molar-refractivity contribution in [1.29, 1.82) is 0 Å². The molecule has 7 nitrogen and oxygen atoms in total. The van der Waals surface area contributed by atoms with Crippen LogP contribution in [0.1, 0.15) is 48.3 Å². The summed E-state index contributed by atoms with van der Waals surface area (Å²) >= 11 is 6.09. The molecule has 0 bridgehead atoms. The van der Waals surface area contributed by atoms with Crippen LogP contribution in [-0.2, 0) is 30.6 Å². The quantitative estimate of drug-likeness (QED) is 0.632. The molecule has 1 saturated carbocycles. The van der Waals surface area contributed by atoms with Crippen LogP contribution in [0.15, 0.2) is 12.3 Å².